The molecule has 3 aromatic heterocycles. The van der Waals surface area contributed by atoms with Crippen molar-refractivity contribution in [3.8, 4) is 17.3 Å². The van der Waals surface area contributed by atoms with Gasteiger partial charge in [0.05, 0.1) is 40.9 Å². The van der Waals surface area contributed by atoms with Gasteiger partial charge in [-0.1, -0.05) is 66.7 Å². The number of nitrogen functional groups attached to an aromatic ring is 1. The van der Waals surface area contributed by atoms with Crippen molar-refractivity contribution in [2.24, 2.45) is 11.3 Å². The zero-order valence-corrected chi connectivity index (χ0v) is 28.6. The number of pyridine rings is 1. The summed E-state index contributed by atoms with van der Waals surface area (Å²) < 4.78 is 20.9. The number of hydrogen-bond donors (Lipinski definition) is 2. The molecule has 0 radical (unpaired) electrons. The number of carboxylic acid groups (broad SMARTS) is 1. The quantitative estimate of drug-likeness (QED) is 0.121. The average molecular weight is 653 g/mol. The molecule has 0 bridgehead atoms. The van der Waals surface area contributed by atoms with E-state index in [0.717, 1.165) is 63.7 Å². The highest BCUT2D eigenvalue weighted by atomic mass is 32.1. The van der Waals surface area contributed by atoms with E-state index in [4.69, 9.17) is 30.3 Å². The van der Waals surface area contributed by atoms with Gasteiger partial charge in [-0.2, -0.15) is 5.26 Å². The SMILES string of the molecule is CCC(C)C1(C)CN(c2ncc3c4c(c(-c5ncc(F)c6sc(N)c(C#N)c56)c(P)c3n2)COC4)C1.CCCCCC.O=CO. The zero-order chi connectivity index (χ0) is 32.9. The van der Waals surface area contributed by atoms with Gasteiger partial charge in [-0.3, -0.25) is 9.78 Å². The maximum atomic E-state index is 14.7. The number of thiophene rings is 1. The molecule has 0 amide bonds. The zero-order valence-electron chi connectivity index (χ0n) is 26.6. The Kier molecular flexibility index (Phi) is 11.3. The van der Waals surface area contributed by atoms with E-state index in [1.807, 2.05) is 6.20 Å². The molecule has 240 valence electrons. The standard InChI is InChI=1S/C26H26FN6OPS.C6H14.CH2O2/c1-4-12(2)26(3)10-33(11-26)25-31-6-14-15-8-34-9-16(15)18(22(35)20(14)32-25)21-19-13(5-28)24(29)36-23(19)17(27)7-30-21;1-3-5-6-4-2;2-1-3/h6-7,12H,4,8-11,29,35H2,1-3H3;3-6H2,1-2H3;1H,(H,2,3). The van der Waals surface area contributed by atoms with Gasteiger partial charge in [0.25, 0.3) is 6.47 Å². The average Bonchev–Trinajstić information content (AvgIpc) is 3.64. The Hall–Kier alpha value is -3.45. The molecule has 1 saturated heterocycles. The molecule has 9 nitrogen and oxygen atoms in total. The normalized spacial score (nSPS) is 15.3. The van der Waals surface area contributed by atoms with Crippen LogP contribution < -0.4 is 15.9 Å². The molecule has 2 aliphatic heterocycles. The van der Waals surface area contributed by atoms with Crippen LogP contribution in [0, 0.1) is 28.5 Å². The molecule has 5 heterocycles. The van der Waals surface area contributed by atoms with Gasteiger partial charge in [-0.05, 0) is 17.0 Å². The molecule has 45 heavy (non-hydrogen) atoms. The summed E-state index contributed by atoms with van der Waals surface area (Å²) in [5, 5.41) is 19.2. The molecule has 1 aromatic carbocycles. The van der Waals surface area contributed by atoms with Gasteiger partial charge in [-0.25, -0.2) is 14.4 Å². The van der Waals surface area contributed by atoms with Crippen LogP contribution in [0.5, 0.6) is 0 Å². The van der Waals surface area contributed by atoms with Crippen LogP contribution in [0.15, 0.2) is 12.4 Å². The van der Waals surface area contributed by atoms with Gasteiger partial charge >= 0.3 is 0 Å². The number of anilines is 2. The van der Waals surface area contributed by atoms with Crippen molar-refractivity contribution in [2.75, 3.05) is 23.7 Å². The smallest absolute Gasteiger partial charge is 0.290 e. The van der Waals surface area contributed by atoms with Crippen molar-refractivity contribution in [2.45, 2.75) is 79.9 Å². The monoisotopic (exact) mass is 652 g/mol. The first-order valence-corrected chi connectivity index (χ1v) is 16.8. The molecule has 2 aliphatic rings. The van der Waals surface area contributed by atoms with Gasteiger partial charge < -0.3 is 20.5 Å². The molecular formula is C33H42FN6O3PS. The van der Waals surface area contributed by atoms with Crippen molar-refractivity contribution >= 4 is 64.3 Å². The minimum atomic E-state index is -0.488. The number of rotatable bonds is 7. The maximum absolute atomic E-state index is 14.7. The van der Waals surface area contributed by atoms with E-state index in [-0.39, 0.29) is 22.5 Å². The third kappa shape index (κ3) is 6.60. The van der Waals surface area contributed by atoms with E-state index < -0.39 is 5.82 Å². The molecule has 0 aliphatic carbocycles. The third-order valence-electron chi connectivity index (χ3n) is 8.98. The lowest BCUT2D eigenvalue weighted by Gasteiger charge is -2.51. The van der Waals surface area contributed by atoms with Crippen LogP contribution in [0.25, 0.3) is 32.2 Å². The van der Waals surface area contributed by atoms with Crippen LogP contribution in [0.4, 0.5) is 15.3 Å². The van der Waals surface area contributed by atoms with Crippen molar-refractivity contribution in [1.82, 2.24) is 15.0 Å². The topological polar surface area (TPSA) is 138 Å². The Labute approximate surface area is 270 Å². The molecule has 2 atom stereocenters. The first-order chi connectivity index (χ1) is 21.6. The Morgan fingerprint density at radius 1 is 1.22 bits per heavy atom. The van der Waals surface area contributed by atoms with Crippen LogP contribution >= 0.6 is 20.6 Å². The molecule has 12 heteroatoms. The van der Waals surface area contributed by atoms with Crippen LogP contribution in [0.1, 0.15) is 83.4 Å². The first-order valence-electron chi connectivity index (χ1n) is 15.4. The minimum absolute atomic E-state index is 0.250. The molecule has 1 fully saturated rings. The summed E-state index contributed by atoms with van der Waals surface area (Å²) in [6, 6.07) is 2.15. The Balaban J connectivity index is 0.000000454. The second kappa shape index (κ2) is 14.8. The number of unbranched alkanes of at least 4 members (excludes halogenated alkanes) is 3. The summed E-state index contributed by atoms with van der Waals surface area (Å²) in [5.41, 5.74) is 10.7. The Morgan fingerprint density at radius 2 is 1.87 bits per heavy atom. The summed E-state index contributed by atoms with van der Waals surface area (Å²) in [6.45, 7) is 13.7. The molecule has 0 saturated carbocycles. The fourth-order valence-corrected chi connectivity index (χ4v) is 7.51. The van der Waals surface area contributed by atoms with Crippen molar-refractivity contribution in [3.05, 3.63) is 34.9 Å². The van der Waals surface area contributed by atoms with Crippen LogP contribution in [0.2, 0.25) is 0 Å². The Morgan fingerprint density at radius 3 is 2.47 bits per heavy atom. The van der Waals surface area contributed by atoms with Crippen molar-refractivity contribution in [1.29, 1.82) is 5.26 Å². The summed E-state index contributed by atoms with van der Waals surface area (Å²) in [5.74, 6) is 0.835. The lowest BCUT2D eigenvalue weighted by Crippen LogP contribution is -2.58. The number of nitrogens with zero attached hydrogens (tertiary/aromatic N) is 5. The second-order valence-electron chi connectivity index (χ2n) is 11.9. The molecule has 2 unspecified atom stereocenters. The lowest BCUT2D eigenvalue weighted by atomic mass is 9.71. The summed E-state index contributed by atoms with van der Waals surface area (Å²) in [4.78, 5) is 24.8. The summed E-state index contributed by atoms with van der Waals surface area (Å²) >= 11 is 1.07. The van der Waals surface area contributed by atoms with E-state index in [1.165, 1.54) is 31.9 Å². The highest BCUT2D eigenvalue weighted by Crippen LogP contribution is 2.44. The highest BCUT2D eigenvalue weighted by Gasteiger charge is 2.43. The number of nitrogens with two attached hydrogens (primary N) is 1. The van der Waals surface area contributed by atoms with Crippen molar-refractivity contribution in [3.63, 3.8) is 0 Å². The van der Waals surface area contributed by atoms with Crippen LogP contribution in [0.3, 0.4) is 0 Å². The van der Waals surface area contributed by atoms with Gasteiger partial charge in [0.2, 0.25) is 5.95 Å². The van der Waals surface area contributed by atoms with Crippen LogP contribution in [-0.2, 0) is 22.7 Å². The fraction of sp³-hybridized carbons (Fsp3) is 0.485. The predicted octanol–water partition coefficient (Wildman–Crippen LogP) is 7.19. The first kappa shape index (κ1) is 34.4. The van der Waals surface area contributed by atoms with E-state index >= 15 is 0 Å². The van der Waals surface area contributed by atoms with Crippen molar-refractivity contribution < 1.29 is 19.0 Å². The number of carbonyl (C=O) groups is 1. The number of halogens is 1. The molecular weight excluding hydrogens is 610 g/mol. The summed E-state index contributed by atoms with van der Waals surface area (Å²) in [6.07, 6.45) is 9.77. The lowest BCUT2D eigenvalue weighted by molar-refractivity contribution is -0.122. The highest BCUT2D eigenvalue weighted by molar-refractivity contribution is 7.29. The maximum Gasteiger partial charge on any atom is 0.290 e. The molecule has 0 spiro atoms. The van der Waals surface area contributed by atoms with Gasteiger partial charge in [0, 0.05) is 46.3 Å². The van der Waals surface area contributed by atoms with E-state index in [9.17, 15) is 9.65 Å². The third-order valence-corrected chi connectivity index (χ3v) is 10.6. The van der Waals surface area contributed by atoms with Gasteiger partial charge in [0.1, 0.15) is 11.1 Å². The van der Waals surface area contributed by atoms with Gasteiger partial charge in [-0.15, -0.1) is 20.6 Å². The number of nitriles is 1. The van der Waals surface area contributed by atoms with Crippen LogP contribution in [-0.4, -0.2) is 39.6 Å². The number of hydrogen-bond acceptors (Lipinski definition) is 9. The number of benzene rings is 1. The molecule has 4 aromatic rings. The molecule has 3 N–H and O–H groups in total. The number of fused-ring (bicyclic) bond motifs is 4. The fourth-order valence-electron chi connectivity index (χ4n) is 6.05. The minimum Gasteiger partial charge on any atom is -0.483 e. The van der Waals surface area contributed by atoms with E-state index in [2.05, 4.69) is 59.8 Å². The Bertz CT molecular complexity index is 1730. The van der Waals surface area contributed by atoms with Gasteiger partial charge in [0.15, 0.2) is 5.82 Å². The predicted molar refractivity (Wildman–Crippen MR) is 183 cm³/mol. The second-order valence-corrected chi connectivity index (χ2v) is 13.5. The summed E-state index contributed by atoms with van der Waals surface area (Å²) in [7, 11) is 2.80. The van der Waals surface area contributed by atoms with E-state index in [0.29, 0.717) is 40.9 Å². The largest absolute Gasteiger partial charge is 0.483 e. The number of ether oxygens (including phenoxy) is 1. The molecule has 6 rings (SSSR count). The number of aromatic nitrogens is 3. The van der Waals surface area contributed by atoms with E-state index in [1.54, 1.807) is 0 Å².